The topological polar surface area (TPSA) is 6.48 Å². The second kappa shape index (κ2) is 4.25. The average Bonchev–Trinajstić information content (AvgIpc) is 1.61. The molecular formula is C5H15N2P. The summed E-state index contributed by atoms with van der Waals surface area (Å²) >= 11 is 0. The number of hydrogen-bond donors (Lipinski definition) is 0. The van der Waals surface area contributed by atoms with Crippen LogP contribution < -0.4 is 0 Å². The predicted octanol–water partition coefficient (Wildman–Crippen LogP) is 0.270. The molecule has 0 fully saturated rings. The third kappa shape index (κ3) is 6.35. The molecule has 0 N–H and O–H groups in total. The Kier molecular flexibility index (Phi) is 4.44. The maximum Gasteiger partial charge on any atom is 0.0141 e. The zero-order valence-electron chi connectivity index (χ0n) is 5.89. The van der Waals surface area contributed by atoms with Crippen LogP contribution in [-0.2, 0) is 0 Å². The zero-order chi connectivity index (χ0) is 6.57. The van der Waals surface area contributed by atoms with E-state index in [9.17, 15) is 0 Å². The molecule has 0 saturated carbocycles. The Morgan fingerprint density at radius 2 is 1.62 bits per heavy atom. The fourth-order valence-electron chi connectivity index (χ4n) is 0.358. The molecule has 0 heterocycles. The van der Waals surface area contributed by atoms with Gasteiger partial charge in [0.15, 0.2) is 0 Å². The first-order valence-electron chi connectivity index (χ1n) is 2.73. The summed E-state index contributed by atoms with van der Waals surface area (Å²) in [5, 5.41) is 0. The van der Waals surface area contributed by atoms with Gasteiger partial charge in [0.1, 0.15) is 0 Å². The van der Waals surface area contributed by atoms with Crippen LogP contribution >= 0.6 is 9.39 Å². The van der Waals surface area contributed by atoms with Gasteiger partial charge in [0.2, 0.25) is 0 Å². The van der Waals surface area contributed by atoms with E-state index in [1.165, 1.54) is 0 Å². The molecule has 0 aliphatic rings. The summed E-state index contributed by atoms with van der Waals surface area (Å²) < 4.78 is 2.10. The number of nitrogens with zero attached hydrogens (tertiary/aromatic N) is 2. The lowest BCUT2D eigenvalue weighted by atomic mass is 10.6. The standard InChI is InChI=1S/C5H15N2P/c1-6(2)4-5-7(3)8/h4-5,8H2,1-3H3. The third-order valence-electron chi connectivity index (χ3n) is 0.900. The van der Waals surface area contributed by atoms with Gasteiger partial charge in [-0.2, -0.15) is 0 Å². The first-order valence-corrected chi connectivity index (χ1v) is 3.25. The maximum absolute atomic E-state index is 2.63. The van der Waals surface area contributed by atoms with Gasteiger partial charge in [0.25, 0.3) is 0 Å². The lowest BCUT2D eigenvalue weighted by molar-refractivity contribution is 0.372. The fraction of sp³-hybridized carbons (Fsp3) is 1.00. The molecule has 1 atom stereocenters. The molecule has 0 amide bonds. The summed E-state index contributed by atoms with van der Waals surface area (Å²) in [6.07, 6.45) is 0. The van der Waals surface area contributed by atoms with Gasteiger partial charge in [-0.15, -0.1) is 0 Å². The van der Waals surface area contributed by atoms with Crippen molar-refractivity contribution in [1.82, 2.24) is 9.57 Å². The van der Waals surface area contributed by atoms with Crippen molar-refractivity contribution in [2.75, 3.05) is 34.2 Å². The number of rotatable bonds is 3. The highest BCUT2D eigenvalue weighted by Gasteiger charge is 1.89. The Morgan fingerprint density at radius 1 is 1.12 bits per heavy atom. The van der Waals surface area contributed by atoms with Crippen LogP contribution in [-0.4, -0.2) is 43.8 Å². The van der Waals surface area contributed by atoms with E-state index in [1.54, 1.807) is 0 Å². The molecule has 8 heavy (non-hydrogen) atoms. The van der Waals surface area contributed by atoms with Crippen LogP contribution in [0.5, 0.6) is 0 Å². The van der Waals surface area contributed by atoms with Gasteiger partial charge >= 0.3 is 0 Å². The minimum atomic E-state index is 1.11. The molecule has 0 radical (unpaired) electrons. The Labute approximate surface area is 54.1 Å². The monoisotopic (exact) mass is 134 g/mol. The fourth-order valence-corrected chi connectivity index (χ4v) is 0.473. The summed E-state index contributed by atoms with van der Waals surface area (Å²) in [5.41, 5.74) is 0. The second-order valence-electron chi connectivity index (χ2n) is 2.28. The van der Waals surface area contributed by atoms with Crippen molar-refractivity contribution in [2.24, 2.45) is 0 Å². The third-order valence-corrected chi connectivity index (χ3v) is 1.16. The molecule has 0 saturated heterocycles. The molecule has 0 bridgehead atoms. The Morgan fingerprint density at radius 3 is 1.75 bits per heavy atom. The lowest BCUT2D eigenvalue weighted by Crippen LogP contribution is -2.22. The highest BCUT2D eigenvalue weighted by molar-refractivity contribution is 7.13. The minimum Gasteiger partial charge on any atom is -0.308 e. The quantitative estimate of drug-likeness (QED) is 0.511. The van der Waals surface area contributed by atoms with Crippen molar-refractivity contribution in [3.8, 4) is 0 Å². The molecule has 0 aromatic rings. The van der Waals surface area contributed by atoms with Gasteiger partial charge in [-0.25, -0.2) is 0 Å². The molecule has 0 aliphatic heterocycles. The van der Waals surface area contributed by atoms with Crippen molar-refractivity contribution >= 4 is 9.39 Å². The van der Waals surface area contributed by atoms with Crippen molar-refractivity contribution in [3.63, 3.8) is 0 Å². The van der Waals surface area contributed by atoms with Gasteiger partial charge in [0, 0.05) is 13.1 Å². The van der Waals surface area contributed by atoms with E-state index in [0.29, 0.717) is 0 Å². The normalized spacial score (nSPS) is 11.2. The molecule has 1 unspecified atom stereocenters. The van der Waals surface area contributed by atoms with Crippen molar-refractivity contribution < 1.29 is 0 Å². The predicted molar refractivity (Wildman–Crippen MR) is 40.9 cm³/mol. The highest BCUT2D eigenvalue weighted by atomic mass is 31.0. The summed E-state index contributed by atoms with van der Waals surface area (Å²) in [4.78, 5) is 2.17. The second-order valence-corrected chi connectivity index (χ2v) is 3.17. The van der Waals surface area contributed by atoms with Gasteiger partial charge in [0.05, 0.1) is 0 Å². The van der Waals surface area contributed by atoms with Crippen molar-refractivity contribution in [1.29, 1.82) is 0 Å². The van der Waals surface area contributed by atoms with Gasteiger partial charge in [-0.05, 0) is 21.1 Å². The van der Waals surface area contributed by atoms with Crippen molar-refractivity contribution in [3.05, 3.63) is 0 Å². The zero-order valence-corrected chi connectivity index (χ0v) is 7.04. The minimum absolute atomic E-state index is 1.11. The molecule has 3 heteroatoms. The summed E-state index contributed by atoms with van der Waals surface area (Å²) in [6, 6.07) is 0. The first kappa shape index (κ1) is 8.35. The van der Waals surface area contributed by atoms with Gasteiger partial charge in [-0.3, -0.25) is 4.67 Å². The van der Waals surface area contributed by atoms with Crippen LogP contribution in [0.2, 0.25) is 0 Å². The smallest absolute Gasteiger partial charge is 0.0141 e. The van der Waals surface area contributed by atoms with Gasteiger partial charge in [-0.1, -0.05) is 9.39 Å². The van der Waals surface area contributed by atoms with E-state index in [-0.39, 0.29) is 0 Å². The lowest BCUT2D eigenvalue weighted by Gasteiger charge is -2.13. The van der Waals surface area contributed by atoms with E-state index < -0.39 is 0 Å². The largest absolute Gasteiger partial charge is 0.308 e. The Hall–Kier alpha value is 0.350. The van der Waals surface area contributed by atoms with Crippen LogP contribution in [0.15, 0.2) is 0 Å². The Bertz CT molecular complexity index is 46.4. The molecule has 0 aliphatic carbocycles. The van der Waals surface area contributed by atoms with Crippen LogP contribution in [0.3, 0.4) is 0 Å². The molecule has 0 aromatic carbocycles. The summed E-state index contributed by atoms with van der Waals surface area (Å²) in [5.74, 6) is 0. The molecular weight excluding hydrogens is 119 g/mol. The Balaban J connectivity index is 2.93. The van der Waals surface area contributed by atoms with Crippen LogP contribution in [0, 0.1) is 0 Å². The molecule has 50 valence electrons. The van der Waals surface area contributed by atoms with E-state index in [1.807, 2.05) is 7.05 Å². The van der Waals surface area contributed by atoms with Crippen LogP contribution in [0.1, 0.15) is 0 Å². The van der Waals surface area contributed by atoms with Crippen LogP contribution in [0.25, 0.3) is 0 Å². The maximum atomic E-state index is 2.63. The molecule has 0 rings (SSSR count). The first-order chi connectivity index (χ1) is 3.63. The number of hydrogen-bond acceptors (Lipinski definition) is 2. The SMILES string of the molecule is CN(C)CCN(C)P. The van der Waals surface area contributed by atoms with Gasteiger partial charge < -0.3 is 4.90 Å². The van der Waals surface area contributed by atoms with E-state index in [2.05, 4.69) is 33.1 Å². The molecule has 0 spiro atoms. The highest BCUT2D eigenvalue weighted by Crippen LogP contribution is 1.89. The van der Waals surface area contributed by atoms with E-state index in [4.69, 9.17) is 0 Å². The van der Waals surface area contributed by atoms with E-state index in [0.717, 1.165) is 13.1 Å². The van der Waals surface area contributed by atoms with Crippen molar-refractivity contribution in [2.45, 2.75) is 0 Å². The van der Waals surface area contributed by atoms with Crippen LogP contribution in [0.4, 0.5) is 0 Å². The summed E-state index contributed by atoms with van der Waals surface area (Å²) in [7, 11) is 8.84. The number of likely N-dealkylation sites (N-methyl/N-ethyl adjacent to an activating group) is 2. The van der Waals surface area contributed by atoms with E-state index >= 15 is 0 Å². The molecule has 2 nitrogen and oxygen atoms in total. The average molecular weight is 134 g/mol. The molecule has 0 aromatic heterocycles. The summed E-state index contributed by atoms with van der Waals surface area (Å²) in [6.45, 7) is 2.23.